The molecule has 0 aliphatic carbocycles. The molecule has 176 valence electrons. The van der Waals surface area contributed by atoms with Crippen molar-refractivity contribution in [1.29, 1.82) is 0 Å². The highest BCUT2D eigenvalue weighted by atomic mass is 14.6. The van der Waals surface area contributed by atoms with Gasteiger partial charge < -0.3 is 5.73 Å². The van der Waals surface area contributed by atoms with Gasteiger partial charge in [0.1, 0.15) is 0 Å². The number of anilines is 1. The maximum Gasteiger partial charge on any atom is 0.0402 e. The molecule has 0 fully saturated rings. The molecule has 0 bridgehead atoms. The normalized spacial score (nSPS) is 11.5. The van der Waals surface area contributed by atoms with E-state index in [1.807, 2.05) is 6.07 Å². The molecule has 0 spiro atoms. The van der Waals surface area contributed by atoms with Gasteiger partial charge in [-0.05, 0) is 75.6 Å². The largest absolute Gasteiger partial charge is 0.398 e. The third-order valence-corrected chi connectivity index (χ3v) is 6.92. The first-order valence-electron chi connectivity index (χ1n) is 12.5. The molecular weight excluding hydrogens is 434 g/mol. The smallest absolute Gasteiger partial charge is 0.0402 e. The lowest BCUT2D eigenvalue weighted by Gasteiger charge is -2.17. The zero-order valence-corrected chi connectivity index (χ0v) is 20.7. The van der Waals surface area contributed by atoms with E-state index in [1.165, 1.54) is 27.6 Å². The van der Waals surface area contributed by atoms with E-state index >= 15 is 0 Å². The Bertz CT molecular complexity index is 1530. The van der Waals surface area contributed by atoms with Crippen LogP contribution in [-0.4, -0.2) is 0 Å². The van der Waals surface area contributed by atoms with Gasteiger partial charge in [0.15, 0.2) is 0 Å². The van der Waals surface area contributed by atoms with E-state index in [0.29, 0.717) is 0 Å². The van der Waals surface area contributed by atoms with Gasteiger partial charge in [0.05, 0.1) is 0 Å². The predicted octanol–water partition coefficient (Wildman–Crippen LogP) is 9.65. The van der Waals surface area contributed by atoms with Crippen molar-refractivity contribution in [3.05, 3.63) is 139 Å². The summed E-state index contributed by atoms with van der Waals surface area (Å²) < 4.78 is 0. The lowest BCUT2D eigenvalue weighted by Crippen LogP contribution is -1.98. The number of nitrogen functional groups attached to an aromatic ring is 1. The molecule has 0 heterocycles. The topological polar surface area (TPSA) is 26.0 Å². The summed E-state index contributed by atoms with van der Waals surface area (Å²) in [5, 5.41) is 2.36. The molecule has 5 aromatic rings. The summed E-state index contributed by atoms with van der Waals surface area (Å²) >= 11 is 0. The van der Waals surface area contributed by atoms with Crippen molar-refractivity contribution in [2.45, 2.75) is 19.8 Å². The summed E-state index contributed by atoms with van der Waals surface area (Å²) in [7, 11) is 0. The van der Waals surface area contributed by atoms with Crippen LogP contribution in [0.15, 0.2) is 128 Å². The summed E-state index contributed by atoms with van der Waals surface area (Å²) in [6.07, 6.45) is 3.98. The fraction of sp³-hybridized carbons (Fsp3) is 0.0857. The van der Waals surface area contributed by atoms with Gasteiger partial charge in [-0.15, -0.1) is 0 Å². The Hall–Kier alpha value is -4.36. The first kappa shape index (κ1) is 23.4. The molecule has 0 atom stereocenters. The zero-order valence-electron chi connectivity index (χ0n) is 20.7. The van der Waals surface area contributed by atoms with Crippen LogP contribution in [0.1, 0.15) is 30.9 Å². The number of hydrogen-bond donors (Lipinski definition) is 1. The zero-order chi connectivity index (χ0) is 24.9. The highest BCUT2D eigenvalue weighted by molar-refractivity contribution is 6.06. The lowest BCUT2D eigenvalue weighted by atomic mass is 9.88. The van der Waals surface area contributed by atoms with Crippen LogP contribution in [0.5, 0.6) is 0 Å². The van der Waals surface area contributed by atoms with Crippen molar-refractivity contribution < 1.29 is 0 Å². The number of benzene rings is 5. The molecular formula is C35H31N. The molecule has 1 nitrogen and oxygen atoms in total. The molecule has 1 heteroatoms. The molecule has 0 aromatic heterocycles. The first-order chi connectivity index (χ1) is 17.7. The van der Waals surface area contributed by atoms with Crippen LogP contribution in [0.4, 0.5) is 5.69 Å². The van der Waals surface area contributed by atoms with Crippen molar-refractivity contribution in [2.24, 2.45) is 0 Å². The minimum atomic E-state index is 0.780. The van der Waals surface area contributed by atoms with Gasteiger partial charge in [-0.1, -0.05) is 122 Å². The molecule has 0 saturated carbocycles. The molecule has 2 N–H and O–H groups in total. The van der Waals surface area contributed by atoms with Crippen molar-refractivity contribution in [3.63, 3.8) is 0 Å². The predicted molar refractivity (Wildman–Crippen MR) is 158 cm³/mol. The minimum Gasteiger partial charge on any atom is -0.398 e. The van der Waals surface area contributed by atoms with E-state index < -0.39 is 0 Å². The maximum absolute atomic E-state index is 6.72. The second-order valence-electron chi connectivity index (χ2n) is 9.16. The van der Waals surface area contributed by atoms with Crippen molar-refractivity contribution in [2.75, 3.05) is 5.73 Å². The Kier molecular flexibility index (Phi) is 6.82. The van der Waals surface area contributed by atoms with E-state index in [-0.39, 0.29) is 0 Å². The number of fused-ring (bicyclic) bond motifs is 1. The van der Waals surface area contributed by atoms with Gasteiger partial charge in [0.25, 0.3) is 0 Å². The van der Waals surface area contributed by atoms with Crippen molar-refractivity contribution in [1.82, 2.24) is 0 Å². The Balaban J connectivity index is 1.47. The highest BCUT2D eigenvalue weighted by Gasteiger charge is 2.15. The SMILES string of the molecule is C=C(CC/C(=C\C)c1ccccc1)c1c(N)cc(-c2ccc(-c3ccccc3)cc2)c2ccccc12. The molecule has 0 radical (unpaired) electrons. The van der Waals surface area contributed by atoms with Gasteiger partial charge >= 0.3 is 0 Å². The van der Waals surface area contributed by atoms with Crippen LogP contribution < -0.4 is 5.73 Å². The summed E-state index contributed by atoms with van der Waals surface area (Å²) in [5.74, 6) is 0. The van der Waals surface area contributed by atoms with Crippen LogP contribution in [-0.2, 0) is 0 Å². The number of rotatable bonds is 7. The van der Waals surface area contributed by atoms with Crippen LogP contribution in [0, 0.1) is 0 Å². The fourth-order valence-electron chi connectivity index (χ4n) is 5.02. The van der Waals surface area contributed by atoms with Gasteiger partial charge in [-0.2, -0.15) is 0 Å². The summed E-state index contributed by atoms with van der Waals surface area (Å²) in [5.41, 5.74) is 17.0. The van der Waals surface area contributed by atoms with Gasteiger partial charge in [-0.25, -0.2) is 0 Å². The molecule has 5 aromatic carbocycles. The summed E-state index contributed by atoms with van der Waals surface area (Å²) in [6, 6.07) is 40.4. The third kappa shape index (κ3) is 4.74. The second kappa shape index (κ2) is 10.5. The standard InChI is InChI=1S/C35H31N/c1-3-26(27-12-6-4-7-13-27)19-18-25(2)35-32-17-11-10-16-31(32)33(24-34(35)36)30-22-20-29(21-23-30)28-14-8-5-9-15-28/h3-17,20-24H,2,18-19,36H2,1H3/b26-3+. The van der Waals surface area contributed by atoms with Crippen LogP contribution in [0.2, 0.25) is 0 Å². The second-order valence-corrected chi connectivity index (χ2v) is 9.16. The highest BCUT2D eigenvalue weighted by Crippen LogP contribution is 2.39. The van der Waals surface area contributed by atoms with E-state index in [1.54, 1.807) is 0 Å². The maximum atomic E-state index is 6.72. The summed E-state index contributed by atoms with van der Waals surface area (Å²) in [4.78, 5) is 0. The molecule has 0 saturated heterocycles. The van der Waals surface area contributed by atoms with Gasteiger partial charge in [0, 0.05) is 11.3 Å². The Morgan fingerprint density at radius 1 is 0.667 bits per heavy atom. The van der Waals surface area contributed by atoms with E-state index in [4.69, 9.17) is 5.73 Å². The average molecular weight is 466 g/mol. The quantitative estimate of drug-likeness (QED) is 0.238. The lowest BCUT2D eigenvalue weighted by molar-refractivity contribution is 1.09. The van der Waals surface area contributed by atoms with Crippen LogP contribution in [0.25, 0.3) is 44.2 Å². The Morgan fingerprint density at radius 3 is 1.89 bits per heavy atom. The minimum absolute atomic E-state index is 0.780. The van der Waals surface area contributed by atoms with Crippen LogP contribution in [0.3, 0.4) is 0 Å². The summed E-state index contributed by atoms with van der Waals surface area (Å²) in [6.45, 7) is 6.58. The Labute approximate surface area is 214 Å². The van der Waals surface area contributed by atoms with Crippen molar-refractivity contribution in [3.8, 4) is 22.3 Å². The number of allylic oxidation sites excluding steroid dienone is 3. The molecule has 0 unspecified atom stereocenters. The average Bonchev–Trinajstić information content (AvgIpc) is 2.94. The molecule has 0 aliphatic heterocycles. The monoisotopic (exact) mass is 465 g/mol. The van der Waals surface area contributed by atoms with Crippen LogP contribution >= 0.6 is 0 Å². The van der Waals surface area contributed by atoms with Gasteiger partial charge in [-0.3, -0.25) is 0 Å². The first-order valence-corrected chi connectivity index (χ1v) is 12.5. The Morgan fingerprint density at radius 2 is 1.22 bits per heavy atom. The fourth-order valence-corrected chi connectivity index (χ4v) is 5.02. The molecule has 0 amide bonds. The van der Waals surface area contributed by atoms with E-state index in [9.17, 15) is 0 Å². The number of hydrogen-bond acceptors (Lipinski definition) is 1. The molecule has 36 heavy (non-hydrogen) atoms. The third-order valence-electron chi connectivity index (χ3n) is 6.92. The van der Waals surface area contributed by atoms with Crippen molar-refractivity contribution >= 4 is 27.6 Å². The van der Waals surface area contributed by atoms with E-state index in [0.717, 1.165) is 46.2 Å². The number of nitrogens with two attached hydrogens (primary N) is 1. The van der Waals surface area contributed by atoms with Gasteiger partial charge in [0.2, 0.25) is 0 Å². The molecule has 0 aliphatic rings. The van der Waals surface area contributed by atoms with E-state index in [2.05, 4.69) is 129 Å². The molecule has 5 rings (SSSR count).